The summed E-state index contributed by atoms with van der Waals surface area (Å²) in [6, 6.07) is 10.2. The molecule has 5 heteroatoms. The molecule has 4 rings (SSSR count). The third-order valence-electron chi connectivity index (χ3n) is 5.26. The molecule has 1 N–H and O–H groups in total. The second kappa shape index (κ2) is 6.06. The van der Waals surface area contributed by atoms with Crippen LogP contribution in [0.15, 0.2) is 34.9 Å². The van der Waals surface area contributed by atoms with Gasteiger partial charge in [-0.05, 0) is 30.9 Å². The van der Waals surface area contributed by atoms with E-state index in [1.165, 1.54) is 11.1 Å². The number of amides is 1. The molecule has 2 aliphatic rings. The number of hydrogen-bond donors (Lipinski definition) is 1. The fourth-order valence-electron chi connectivity index (χ4n) is 4.00. The molecule has 0 unspecified atom stereocenters. The highest BCUT2D eigenvalue weighted by Crippen LogP contribution is 2.30. The quantitative estimate of drug-likeness (QED) is 0.933. The zero-order valence-corrected chi connectivity index (χ0v) is 13.8. The molecule has 1 aliphatic heterocycles. The van der Waals surface area contributed by atoms with Crippen LogP contribution in [0.3, 0.4) is 0 Å². The average Bonchev–Trinajstić information content (AvgIpc) is 3.26. The number of nitrogens with zero attached hydrogens (tertiary/aromatic N) is 2. The van der Waals surface area contributed by atoms with Gasteiger partial charge in [-0.25, -0.2) is 0 Å². The molecule has 1 aliphatic carbocycles. The summed E-state index contributed by atoms with van der Waals surface area (Å²) in [7, 11) is 0. The summed E-state index contributed by atoms with van der Waals surface area (Å²) in [5.74, 6) is 0.978. The molecular formula is C19H22N2O3. The summed E-state index contributed by atoms with van der Waals surface area (Å²) in [5.41, 5.74) is 3.41. The molecule has 126 valence electrons. The Labute approximate surface area is 141 Å². The van der Waals surface area contributed by atoms with Gasteiger partial charge in [0.15, 0.2) is 0 Å². The van der Waals surface area contributed by atoms with E-state index in [1.807, 2.05) is 30.0 Å². The normalized spacial score (nSPS) is 23.7. The highest BCUT2D eigenvalue weighted by molar-refractivity contribution is 5.80. The van der Waals surface area contributed by atoms with Crippen LogP contribution < -0.4 is 0 Å². The first-order chi connectivity index (χ1) is 11.6. The Bertz CT molecular complexity index is 730. The van der Waals surface area contributed by atoms with Crippen LogP contribution in [0.5, 0.6) is 0 Å². The van der Waals surface area contributed by atoms with E-state index in [2.05, 4.69) is 17.3 Å². The van der Waals surface area contributed by atoms with Crippen molar-refractivity contribution in [3.63, 3.8) is 0 Å². The van der Waals surface area contributed by atoms with Gasteiger partial charge in [-0.3, -0.25) is 4.79 Å². The van der Waals surface area contributed by atoms with Crippen molar-refractivity contribution >= 4 is 5.91 Å². The smallest absolute Gasteiger partial charge is 0.226 e. The maximum atomic E-state index is 12.8. The van der Waals surface area contributed by atoms with E-state index in [4.69, 9.17) is 4.52 Å². The topological polar surface area (TPSA) is 66.6 Å². The Kier molecular flexibility index (Phi) is 3.88. The van der Waals surface area contributed by atoms with Gasteiger partial charge in [0.25, 0.3) is 0 Å². The van der Waals surface area contributed by atoms with Crippen molar-refractivity contribution in [1.29, 1.82) is 0 Å². The predicted octanol–water partition coefficient (Wildman–Crippen LogP) is 1.76. The Morgan fingerprint density at radius 3 is 2.62 bits per heavy atom. The Balaban J connectivity index is 1.40. The number of rotatable bonds is 3. The van der Waals surface area contributed by atoms with E-state index in [0.717, 1.165) is 24.3 Å². The second-order valence-corrected chi connectivity index (χ2v) is 7.08. The molecule has 1 aromatic carbocycles. The van der Waals surface area contributed by atoms with E-state index >= 15 is 0 Å². The number of β-amino-alcohol motifs (C(OH)–C–C–N with tert-alkyl or cyclic N) is 1. The summed E-state index contributed by atoms with van der Waals surface area (Å²) >= 11 is 0. The van der Waals surface area contributed by atoms with Crippen molar-refractivity contribution in [1.82, 2.24) is 10.1 Å². The van der Waals surface area contributed by atoms with Crippen LogP contribution in [-0.4, -0.2) is 40.3 Å². The van der Waals surface area contributed by atoms with E-state index in [1.54, 1.807) is 0 Å². The lowest BCUT2D eigenvalue weighted by molar-refractivity contribution is -0.134. The van der Waals surface area contributed by atoms with Gasteiger partial charge in [-0.1, -0.05) is 29.4 Å². The summed E-state index contributed by atoms with van der Waals surface area (Å²) in [6.45, 7) is 2.89. The van der Waals surface area contributed by atoms with E-state index in [9.17, 15) is 9.90 Å². The van der Waals surface area contributed by atoms with Gasteiger partial charge in [0.2, 0.25) is 5.91 Å². The molecule has 24 heavy (non-hydrogen) atoms. The third kappa shape index (κ3) is 2.84. The largest absolute Gasteiger partial charge is 0.391 e. The van der Waals surface area contributed by atoms with Gasteiger partial charge in [0.1, 0.15) is 5.76 Å². The standard InChI is InChI=1S/C19H22N2O3/c1-12-6-17(24-20-12)9-16-10-21(11-18(16)22)19(23)15-7-13-4-2-3-5-14(13)8-15/h2-6,15-16,18,22H,7-11H2,1H3/t16-,18-/m1/s1. The fraction of sp³-hybridized carbons (Fsp3) is 0.474. The maximum Gasteiger partial charge on any atom is 0.226 e. The lowest BCUT2D eigenvalue weighted by Crippen LogP contribution is -2.35. The number of hydrogen-bond acceptors (Lipinski definition) is 4. The minimum Gasteiger partial charge on any atom is -0.391 e. The number of aryl methyl sites for hydroxylation is 1. The molecule has 0 bridgehead atoms. The molecule has 1 fully saturated rings. The maximum absolute atomic E-state index is 12.8. The molecule has 1 saturated heterocycles. The number of aliphatic hydroxyl groups excluding tert-OH is 1. The number of likely N-dealkylation sites (tertiary alicyclic amines) is 1. The van der Waals surface area contributed by atoms with Crippen molar-refractivity contribution in [3.8, 4) is 0 Å². The lowest BCUT2D eigenvalue weighted by atomic mass is 10.0. The fourth-order valence-corrected chi connectivity index (χ4v) is 4.00. The molecule has 0 radical (unpaired) electrons. The van der Waals surface area contributed by atoms with E-state index in [0.29, 0.717) is 19.5 Å². The van der Waals surface area contributed by atoms with Crippen molar-refractivity contribution in [2.75, 3.05) is 13.1 Å². The highest BCUT2D eigenvalue weighted by Gasteiger charge is 2.38. The molecule has 0 saturated carbocycles. The van der Waals surface area contributed by atoms with Crippen LogP contribution in [-0.2, 0) is 24.1 Å². The summed E-state index contributed by atoms with van der Waals surface area (Å²) in [5, 5.41) is 14.2. The van der Waals surface area contributed by atoms with Crippen LogP contribution in [0.25, 0.3) is 0 Å². The van der Waals surface area contributed by atoms with Crippen LogP contribution in [0.1, 0.15) is 22.6 Å². The van der Waals surface area contributed by atoms with Crippen molar-refractivity contribution in [3.05, 3.63) is 52.9 Å². The zero-order chi connectivity index (χ0) is 16.7. The average molecular weight is 326 g/mol. The highest BCUT2D eigenvalue weighted by atomic mass is 16.5. The van der Waals surface area contributed by atoms with Crippen LogP contribution >= 0.6 is 0 Å². The Morgan fingerprint density at radius 2 is 2.00 bits per heavy atom. The van der Waals surface area contributed by atoms with Crippen LogP contribution in [0.2, 0.25) is 0 Å². The molecule has 1 amide bonds. The van der Waals surface area contributed by atoms with E-state index in [-0.39, 0.29) is 17.7 Å². The van der Waals surface area contributed by atoms with Gasteiger partial charge in [0, 0.05) is 37.4 Å². The van der Waals surface area contributed by atoms with Crippen molar-refractivity contribution < 1.29 is 14.4 Å². The molecule has 1 aromatic heterocycles. The summed E-state index contributed by atoms with van der Waals surface area (Å²) in [4.78, 5) is 14.7. The van der Waals surface area contributed by atoms with E-state index < -0.39 is 6.10 Å². The first-order valence-corrected chi connectivity index (χ1v) is 8.56. The summed E-state index contributed by atoms with van der Waals surface area (Å²) < 4.78 is 5.25. The molecule has 0 spiro atoms. The van der Waals surface area contributed by atoms with Crippen molar-refractivity contribution in [2.45, 2.75) is 32.3 Å². The number of carbonyl (C=O) groups is 1. The van der Waals surface area contributed by atoms with Gasteiger partial charge < -0.3 is 14.5 Å². The minimum absolute atomic E-state index is 0.0147. The molecule has 2 aromatic rings. The molecule has 2 atom stereocenters. The van der Waals surface area contributed by atoms with Gasteiger partial charge >= 0.3 is 0 Å². The monoisotopic (exact) mass is 326 g/mol. The predicted molar refractivity (Wildman–Crippen MR) is 88.4 cm³/mol. The third-order valence-corrected chi connectivity index (χ3v) is 5.26. The van der Waals surface area contributed by atoms with Crippen LogP contribution in [0, 0.1) is 18.8 Å². The molecule has 5 nitrogen and oxygen atoms in total. The number of benzene rings is 1. The van der Waals surface area contributed by atoms with Crippen LogP contribution in [0.4, 0.5) is 0 Å². The van der Waals surface area contributed by atoms with Gasteiger partial charge in [0.05, 0.1) is 11.8 Å². The Morgan fingerprint density at radius 1 is 1.29 bits per heavy atom. The number of carbonyl (C=O) groups excluding carboxylic acids is 1. The number of aliphatic hydroxyl groups is 1. The first-order valence-electron chi connectivity index (χ1n) is 8.56. The minimum atomic E-state index is -0.497. The molecule has 2 heterocycles. The first kappa shape index (κ1) is 15.4. The Hall–Kier alpha value is -2.14. The number of aromatic nitrogens is 1. The number of fused-ring (bicyclic) bond motifs is 1. The SMILES string of the molecule is Cc1cc(C[C@@H]2CN(C(=O)C3Cc4ccccc4C3)C[C@H]2O)on1. The lowest BCUT2D eigenvalue weighted by Gasteiger charge is -2.20. The zero-order valence-electron chi connectivity index (χ0n) is 13.8. The summed E-state index contributed by atoms with van der Waals surface area (Å²) in [6.07, 6.45) is 1.75. The van der Waals surface area contributed by atoms with Crippen molar-refractivity contribution in [2.24, 2.45) is 11.8 Å². The van der Waals surface area contributed by atoms with Gasteiger partial charge in [-0.15, -0.1) is 0 Å². The van der Waals surface area contributed by atoms with Gasteiger partial charge in [-0.2, -0.15) is 0 Å². The molecular weight excluding hydrogens is 304 g/mol. The second-order valence-electron chi connectivity index (χ2n) is 7.08.